The fourth-order valence-corrected chi connectivity index (χ4v) is 1.79. The minimum atomic E-state index is -4.31. The maximum atomic E-state index is 13.0. The van der Waals surface area contributed by atoms with Crippen molar-refractivity contribution in [3.63, 3.8) is 0 Å². The molecule has 1 rings (SSSR count). The molecule has 1 N–H and O–H groups in total. The Bertz CT molecular complexity index is 365. The molecule has 18 heavy (non-hydrogen) atoms. The van der Waals surface area contributed by atoms with Crippen molar-refractivity contribution in [1.29, 1.82) is 0 Å². The van der Waals surface area contributed by atoms with Crippen LogP contribution in [0, 0.1) is 0 Å². The molecule has 1 aromatic carbocycles. The molecule has 0 aromatic heterocycles. The molecule has 0 radical (unpaired) electrons. The summed E-state index contributed by atoms with van der Waals surface area (Å²) in [5, 5.41) is 2.54. The molecule has 2 nitrogen and oxygen atoms in total. The number of nitrogens with one attached hydrogen (secondary N) is 1. The van der Waals surface area contributed by atoms with Crippen molar-refractivity contribution in [3.8, 4) is 0 Å². The maximum Gasteiger partial charge on any atom is 0.407 e. The zero-order valence-electron chi connectivity index (χ0n) is 10.6. The van der Waals surface area contributed by atoms with E-state index in [0.29, 0.717) is 18.5 Å². The third-order valence-corrected chi connectivity index (χ3v) is 2.59. The third-order valence-electron chi connectivity index (χ3n) is 2.59. The van der Waals surface area contributed by atoms with E-state index in [1.54, 1.807) is 18.2 Å². The van der Waals surface area contributed by atoms with Crippen LogP contribution in [-0.2, 0) is 11.3 Å². The van der Waals surface area contributed by atoms with Gasteiger partial charge in [-0.05, 0) is 24.1 Å². The summed E-state index contributed by atoms with van der Waals surface area (Å²) in [5.74, 6) is 0. The molecule has 0 fully saturated rings. The van der Waals surface area contributed by atoms with Gasteiger partial charge in [0.1, 0.15) is 6.04 Å². The Morgan fingerprint density at radius 2 is 1.94 bits per heavy atom. The number of ether oxygens (including phenoxy) is 1. The van der Waals surface area contributed by atoms with Gasteiger partial charge in [0, 0.05) is 7.11 Å². The van der Waals surface area contributed by atoms with Gasteiger partial charge in [-0.2, -0.15) is 13.2 Å². The van der Waals surface area contributed by atoms with E-state index >= 15 is 0 Å². The lowest BCUT2D eigenvalue weighted by molar-refractivity contribution is -0.157. The van der Waals surface area contributed by atoms with E-state index in [9.17, 15) is 13.2 Å². The van der Waals surface area contributed by atoms with Crippen molar-refractivity contribution in [1.82, 2.24) is 5.32 Å². The summed E-state index contributed by atoms with van der Waals surface area (Å²) in [6, 6.07) is 4.84. The first kappa shape index (κ1) is 15.0. The highest BCUT2D eigenvalue weighted by Crippen LogP contribution is 2.34. The quantitative estimate of drug-likeness (QED) is 0.847. The number of hydrogen-bond donors (Lipinski definition) is 1. The monoisotopic (exact) mass is 261 g/mol. The minimum absolute atomic E-state index is 0.177. The average molecular weight is 261 g/mol. The molecule has 0 heterocycles. The van der Waals surface area contributed by atoms with E-state index in [-0.39, 0.29) is 12.2 Å². The predicted octanol–water partition coefficient (Wildman–Crippen LogP) is 3.44. The lowest BCUT2D eigenvalue weighted by atomic mass is 10.00. The van der Waals surface area contributed by atoms with Crippen molar-refractivity contribution < 1.29 is 17.9 Å². The van der Waals surface area contributed by atoms with Crippen molar-refractivity contribution in [2.75, 3.05) is 13.7 Å². The number of alkyl halides is 3. The molecule has 0 saturated carbocycles. The number of rotatable bonds is 6. The number of halogens is 3. The lowest BCUT2D eigenvalue weighted by Gasteiger charge is -2.24. The van der Waals surface area contributed by atoms with E-state index in [4.69, 9.17) is 4.74 Å². The van der Waals surface area contributed by atoms with Crippen LogP contribution in [0.25, 0.3) is 0 Å². The van der Waals surface area contributed by atoms with Gasteiger partial charge in [-0.1, -0.05) is 31.2 Å². The van der Waals surface area contributed by atoms with Gasteiger partial charge in [-0.15, -0.1) is 0 Å². The molecule has 0 aliphatic carbocycles. The van der Waals surface area contributed by atoms with Crippen molar-refractivity contribution in [2.24, 2.45) is 0 Å². The number of benzene rings is 1. The van der Waals surface area contributed by atoms with Gasteiger partial charge in [-0.25, -0.2) is 0 Å². The molecule has 1 atom stereocenters. The SMILES string of the molecule is CCCNC(c1ccccc1COC)C(F)(F)F. The van der Waals surface area contributed by atoms with Gasteiger partial charge in [0.2, 0.25) is 0 Å². The molecule has 102 valence electrons. The molecule has 1 unspecified atom stereocenters. The molecule has 5 heteroatoms. The zero-order chi connectivity index (χ0) is 13.6. The van der Waals surface area contributed by atoms with E-state index in [2.05, 4.69) is 5.32 Å². The van der Waals surface area contributed by atoms with Crippen LogP contribution in [0.2, 0.25) is 0 Å². The van der Waals surface area contributed by atoms with Gasteiger partial charge in [0.15, 0.2) is 0 Å². The Hall–Kier alpha value is -1.07. The molecule has 0 aliphatic heterocycles. The van der Waals surface area contributed by atoms with E-state index < -0.39 is 12.2 Å². The summed E-state index contributed by atoms with van der Waals surface area (Å²) in [6.07, 6.45) is -3.65. The van der Waals surface area contributed by atoms with Gasteiger partial charge in [-0.3, -0.25) is 0 Å². The normalized spacial score (nSPS) is 13.6. The van der Waals surface area contributed by atoms with Crippen LogP contribution in [0.3, 0.4) is 0 Å². The summed E-state index contributed by atoms with van der Waals surface area (Å²) in [6.45, 7) is 2.34. The maximum absolute atomic E-state index is 13.0. The van der Waals surface area contributed by atoms with E-state index in [0.717, 1.165) is 0 Å². The largest absolute Gasteiger partial charge is 0.407 e. The number of hydrogen-bond acceptors (Lipinski definition) is 2. The Labute approximate surface area is 105 Å². The highest BCUT2D eigenvalue weighted by Gasteiger charge is 2.41. The van der Waals surface area contributed by atoms with E-state index in [1.807, 2.05) is 6.92 Å². The van der Waals surface area contributed by atoms with Gasteiger partial charge in [0.25, 0.3) is 0 Å². The van der Waals surface area contributed by atoms with Crippen molar-refractivity contribution in [2.45, 2.75) is 32.2 Å². The van der Waals surface area contributed by atoms with E-state index in [1.165, 1.54) is 13.2 Å². The second-order valence-corrected chi connectivity index (χ2v) is 4.06. The second kappa shape index (κ2) is 6.75. The van der Waals surface area contributed by atoms with Crippen LogP contribution < -0.4 is 5.32 Å². The zero-order valence-corrected chi connectivity index (χ0v) is 10.6. The fourth-order valence-electron chi connectivity index (χ4n) is 1.79. The molecular weight excluding hydrogens is 243 g/mol. The van der Waals surface area contributed by atoms with Gasteiger partial charge >= 0.3 is 6.18 Å². The average Bonchev–Trinajstić information content (AvgIpc) is 2.30. The first-order chi connectivity index (χ1) is 8.50. The Morgan fingerprint density at radius 1 is 1.28 bits per heavy atom. The standard InChI is InChI=1S/C13H18F3NO/c1-3-8-17-12(13(14,15)16)11-7-5-4-6-10(11)9-18-2/h4-7,12,17H,3,8-9H2,1-2H3. The molecular formula is C13H18F3NO. The van der Waals surface area contributed by atoms with Gasteiger partial charge in [0.05, 0.1) is 6.61 Å². The van der Waals surface area contributed by atoms with Crippen LogP contribution in [0.4, 0.5) is 13.2 Å². The number of methoxy groups -OCH3 is 1. The third kappa shape index (κ3) is 3.99. The highest BCUT2D eigenvalue weighted by atomic mass is 19.4. The molecule has 0 spiro atoms. The summed E-state index contributed by atoms with van der Waals surface area (Å²) >= 11 is 0. The van der Waals surface area contributed by atoms with Gasteiger partial charge < -0.3 is 10.1 Å². The van der Waals surface area contributed by atoms with Crippen LogP contribution in [0.1, 0.15) is 30.5 Å². The molecule has 1 aromatic rings. The summed E-state index contributed by atoms with van der Waals surface area (Å²) in [7, 11) is 1.47. The lowest BCUT2D eigenvalue weighted by Crippen LogP contribution is -2.35. The van der Waals surface area contributed by atoms with Crippen LogP contribution in [0.15, 0.2) is 24.3 Å². The summed E-state index contributed by atoms with van der Waals surface area (Å²) in [5.41, 5.74) is 0.797. The topological polar surface area (TPSA) is 21.3 Å². The minimum Gasteiger partial charge on any atom is -0.380 e. The molecule has 0 saturated heterocycles. The molecule has 0 aliphatic rings. The second-order valence-electron chi connectivity index (χ2n) is 4.06. The Balaban J connectivity index is 3.04. The molecule has 0 bridgehead atoms. The first-order valence-electron chi connectivity index (χ1n) is 5.87. The van der Waals surface area contributed by atoms with Crippen LogP contribution >= 0.6 is 0 Å². The Kier molecular flexibility index (Phi) is 5.62. The Morgan fingerprint density at radius 3 is 2.50 bits per heavy atom. The first-order valence-corrected chi connectivity index (χ1v) is 5.87. The molecule has 0 amide bonds. The van der Waals surface area contributed by atoms with Crippen LogP contribution in [0.5, 0.6) is 0 Å². The highest BCUT2D eigenvalue weighted by molar-refractivity contribution is 5.30. The van der Waals surface area contributed by atoms with Crippen LogP contribution in [-0.4, -0.2) is 19.8 Å². The summed E-state index contributed by atoms with van der Waals surface area (Å²) in [4.78, 5) is 0. The smallest absolute Gasteiger partial charge is 0.380 e. The van der Waals surface area contributed by atoms with Crippen molar-refractivity contribution in [3.05, 3.63) is 35.4 Å². The fraction of sp³-hybridized carbons (Fsp3) is 0.538. The predicted molar refractivity (Wildman–Crippen MR) is 64.2 cm³/mol. The van der Waals surface area contributed by atoms with Crippen molar-refractivity contribution >= 4 is 0 Å². The summed E-state index contributed by atoms with van der Waals surface area (Å²) < 4.78 is 44.1.